The zero-order valence-electron chi connectivity index (χ0n) is 16.1. The fraction of sp³-hybridized carbons (Fsp3) is 0.429. The van der Waals surface area contributed by atoms with E-state index < -0.39 is 5.82 Å². The molecule has 2 bridgehead atoms. The maximum Gasteiger partial charge on any atom is 0.203 e. The van der Waals surface area contributed by atoms with E-state index in [0.717, 1.165) is 17.3 Å². The van der Waals surface area contributed by atoms with E-state index in [-0.39, 0.29) is 0 Å². The van der Waals surface area contributed by atoms with Crippen LogP contribution in [-0.2, 0) is 0 Å². The number of anilines is 1. The van der Waals surface area contributed by atoms with Crippen molar-refractivity contribution < 1.29 is 4.39 Å². The van der Waals surface area contributed by atoms with Gasteiger partial charge in [0.2, 0.25) is 5.82 Å². The summed E-state index contributed by atoms with van der Waals surface area (Å²) in [6.07, 6.45) is 8.34. The van der Waals surface area contributed by atoms with Crippen molar-refractivity contribution in [3.8, 4) is 11.5 Å². The number of H-pyrrole nitrogens is 1. The molecule has 0 saturated heterocycles. The number of hydrogen-bond acceptors (Lipinski definition) is 5. The van der Waals surface area contributed by atoms with Crippen molar-refractivity contribution in [2.45, 2.75) is 38.6 Å². The van der Waals surface area contributed by atoms with Crippen LogP contribution in [-0.4, -0.2) is 35.8 Å². The van der Waals surface area contributed by atoms with Gasteiger partial charge < -0.3 is 5.32 Å². The molecule has 7 rings (SSSR count). The Morgan fingerprint density at radius 3 is 2.86 bits per heavy atom. The fourth-order valence-corrected chi connectivity index (χ4v) is 5.35. The van der Waals surface area contributed by atoms with Gasteiger partial charge in [0.15, 0.2) is 11.5 Å². The van der Waals surface area contributed by atoms with Gasteiger partial charge in [-0.15, -0.1) is 5.10 Å². The van der Waals surface area contributed by atoms with E-state index in [0.29, 0.717) is 40.4 Å². The summed E-state index contributed by atoms with van der Waals surface area (Å²) in [4.78, 5) is 8.89. The molecular weight excluding hydrogens is 369 g/mol. The highest BCUT2D eigenvalue weighted by Crippen LogP contribution is 2.46. The Labute approximate surface area is 166 Å². The zero-order chi connectivity index (χ0) is 19.5. The summed E-state index contributed by atoms with van der Waals surface area (Å²) < 4.78 is 15.6. The zero-order valence-corrected chi connectivity index (χ0v) is 16.1. The monoisotopic (exact) mass is 391 g/mol. The first kappa shape index (κ1) is 16.9. The highest BCUT2D eigenvalue weighted by Gasteiger charge is 2.41. The van der Waals surface area contributed by atoms with Crippen LogP contribution in [0.2, 0.25) is 0 Å². The minimum Gasteiger partial charge on any atom is -0.365 e. The molecule has 0 spiro atoms. The van der Waals surface area contributed by atoms with Gasteiger partial charge in [0.25, 0.3) is 0 Å². The molecule has 0 unspecified atom stereocenters. The standard InChI is InChI=1S/C21H22FN7/c1-11-12-4-6-13(7-5-12)17(11)24-20-16-3-2-8-29(16)28-21(25-20)18-15-9-14(22)10-23-19(15)27-26-18/h2-3,8-13,17H,4-7H2,1H3,(H,23,26,27)(H,24,25,28)/t11-,12?,13?,17+/m0/s1. The molecule has 148 valence electrons. The van der Waals surface area contributed by atoms with Crippen molar-refractivity contribution in [3.63, 3.8) is 0 Å². The summed E-state index contributed by atoms with van der Waals surface area (Å²) in [5, 5.41) is 16.1. The molecule has 0 radical (unpaired) electrons. The lowest BCUT2D eigenvalue weighted by molar-refractivity contribution is 0.0928. The second kappa shape index (κ2) is 6.23. The molecule has 3 fully saturated rings. The van der Waals surface area contributed by atoms with Crippen LogP contribution in [0.3, 0.4) is 0 Å². The van der Waals surface area contributed by atoms with E-state index in [1.165, 1.54) is 37.9 Å². The van der Waals surface area contributed by atoms with E-state index in [1.807, 2.05) is 22.8 Å². The lowest BCUT2D eigenvalue weighted by atomic mass is 9.62. The smallest absolute Gasteiger partial charge is 0.203 e. The van der Waals surface area contributed by atoms with Gasteiger partial charge in [-0.2, -0.15) is 5.10 Å². The number of rotatable bonds is 3. The highest BCUT2D eigenvalue weighted by atomic mass is 19.1. The van der Waals surface area contributed by atoms with Crippen molar-refractivity contribution in [2.24, 2.45) is 17.8 Å². The maximum absolute atomic E-state index is 13.8. The summed E-state index contributed by atoms with van der Waals surface area (Å²) >= 11 is 0. The maximum atomic E-state index is 13.8. The second-order valence-corrected chi connectivity index (χ2v) is 8.45. The van der Waals surface area contributed by atoms with Gasteiger partial charge in [-0.3, -0.25) is 5.10 Å². The average molecular weight is 391 g/mol. The van der Waals surface area contributed by atoms with Crippen LogP contribution < -0.4 is 5.32 Å². The van der Waals surface area contributed by atoms with Crippen molar-refractivity contribution in [1.82, 2.24) is 29.8 Å². The number of nitrogens with zero attached hydrogens (tertiary/aromatic N) is 5. The lowest BCUT2D eigenvalue weighted by Gasteiger charge is -2.47. The fourth-order valence-electron chi connectivity index (χ4n) is 5.35. The minimum absolute atomic E-state index is 0.410. The van der Waals surface area contributed by atoms with Crippen molar-refractivity contribution in [1.29, 1.82) is 0 Å². The molecule has 4 heterocycles. The molecule has 29 heavy (non-hydrogen) atoms. The van der Waals surface area contributed by atoms with E-state index in [4.69, 9.17) is 4.98 Å². The van der Waals surface area contributed by atoms with E-state index in [1.54, 1.807) is 0 Å². The Balaban J connectivity index is 1.46. The first-order valence-corrected chi connectivity index (χ1v) is 10.3. The first-order chi connectivity index (χ1) is 14.2. The Bertz CT molecular complexity index is 1200. The molecule has 4 aromatic rings. The number of fused-ring (bicyclic) bond motifs is 5. The third-order valence-corrected chi connectivity index (χ3v) is 6.92. The van der Waals surface area contributed by atoms with E-state index in [9.17, 15) is 4.39 Å². The minimum atomic E-state index is -0.410. The molecule has 0 amide bonds. The van der Waals surface area contributed by atoms with Crippen LogP contribution in [0.1, 0.15) is 32.6 Å². The summed E-state index contributed by atoms with van der Waals surface area (Å²) in [6, 6.07) is 5.81. The van der Waals surface area contributed by atoms with Crippen molar-refractivity contribution in [3.05, 3.63) is 36.4 Å². The number of nitrogens with one attached hydrogen (secondary N) is 2. The number of aromatic nitrogens is 6. The third kappa shape index (κ3) is 2.62. The van der Waals surface area contributed by atoms with Gasteiger partial charge in [0.1, 0.15) is 17.0 Å². The topological polar surface area (TPSA) is 83.8 Å². The summed E-state index contributed by atoms with van der Waals surface area (Å²) in [6.45, 7) is 2.36. The van der Waals surface area contributed by atoms with Gasteiger partial charge in [-0.25, -0.2) is 18.9 Å². The molecular formula is C21H22FN7. The number of pyridine rings is 1. The number of aromatic amines is 1. The molecule has 2 atom stereocenters. The molecule has 0 aliphatic heterocycles. The predicted octanol–water partition coefficient (Wildman–Crippen LogP) is 4.04. The van der Waals surface area contributed by atoms with Crippen LogP contribution in [0.4, 0.5) is 10.2 Å². The molecule has 7 nitrogen and oxygen atoms in total. The quantitative estimate of drug-likeness (QED) is 0.551. The van der Waals surface area contributed by atoms with Crippen LogP contribution in [0.25, 0.3) is 28.1 Å². The largest absolute Gasteiger partial charge is 0.365 e. The Morgan fingerprint density at radius 2 is 2.03 bits per heavy atom. The summed E-state index contributed by atoms with van der Waals surface area (Å²) in [5.41, 5.74) is 1.96. The highest BCUT2D eigenvalue weighted by molar-refractivity contribution is 5.89. The summed E-state index contributed by atoms with van der Waals surface area (Å²) in [7, 11) is 0. The molecule has 8 heteroatoms. The van der Waals surface area contributed by atoms with E-state index >= 15 is 0 Å². The van der Waals surface area contributed by atoms with Gasteiger partial charge in [0, 0.05) is 12.2 Å². The first-order valence-electron chi connectivity index (χ1n) is 10.3. The van der Waals surface area contributed by atoms with Gasteiger partial charge >= 0.3 is 0 Å². The van der Waals surface area contributed by atoms with Gasteiger partial charge in [-0.05, 0) is 61.6 Å². The molecule has 2 N–H and O–H groups in total. The Kier molecular flexibility index (Phi) is 3.63. The molecule has 4 aromatic heterocycles. The third-order valence-electron chi connectivity index (χ3n) is 6.92. The number of halogens is 1. The summed E-state index contributed by atoms with van der Waals surface area (Å²) in [5.74, 6) is 2.96. The molecule has 0 aromatic carbocycles. The Morgan fingerprint density at radius 1 is 1.21 bits per heavy atom. The Hall–Kier alpha value is -3.03. The van der Waals surface area contributed by atoms with Crippen LogP contribution in [0.15, 0.2) is 30.6 Å². The van der Waals surface area contributed by atoms with Crippen molar-refractivity contribution >= 4 is 22.4 Å². The SMILES string of the molecule is C[C@H]1C2CCC(CC2)[C@@H]1Nc1nc(-c2n[nH]c3ncc(F)cc23)nn2cccc12. The average Bonchev–Trinajstić information content (AvgIpc) is 3.37. The normalized spacial score (nSPS) is 26.4. The van der Waals surface area contributed by atoms with Crippen LogP contribution >= 0.6 is 0 Å². The molecule has 3 aliphatic rings. The van der Waals surface area contributed by atoms with Gasteiger partial charge in [-0.1, -0.05) is 6.92 Å². The van der Waals surface area contributed by atoms with Crippen LogP contribution in [0, 0.1) is 23.6 Å². The predicted molar refractivity (Wildman–Crippen MR) is 108 cm³/mol. The van der Waals surface area contributed by atoms with Gasteiger partial charge in [0.05, 0.1) is 11.6 Å². The second-order valence-electron chi connectivity index (χ2n) is 8.45. The number of hydrogen-bond donors (Lipinski definition) is 2. The molecule has 3 saturated carbocycles. The lowest BCUT2D eigenvalue weighted by Crippen LogP contribution is -2.47. The van der Waals surface area contributed by atoms with Crippen LogP contribution in [0.5, 0.6) is 0 Å². The van der Waals surface area contributed by atoms with E-state index in [2.05, 4.69) is 32.5 Å². The van der Waals surface area contributed by atoms with Crippen molar-refractivity contribution in [2.75, 3.05) is 5.32 Å². The molecule has 3 aliphatic carbocycles.